The van der Waals surface area contributed by atoms with Crippen LogP contribution in [0, 0.1) is 5.95 Å². The lowest BCUT2D eigenvalue weighted by Crippen LogP contribution is -2.14. The van der Waals surface area contributed by atoms with Crippen LogP contribution < -0.4 is 10.1 Å². The lowest BCUT2D eigenvalue weighted by molar-refractivity contribution is 0.102. The molecule has 4 rings (SSSR count). The van der Waals surface area contributed by atoms with Crippen molar-refractivity contribution in [2.75, 3.05) is 11.9 Å². The molecule has 0 aliphatic heterocycles. The van der Waals surface area contributed by atoms with Crippen molar-refractivity contribution in [2.45, 2.75) is 12.8 Å². The summed E-state index contributed by atoms with van der Waals surface area (Å²) in [5.41, 5.74) is 3.32. The number of carbonyl (C=O) groups is 1. The van der Waals surface area contributed by atoms with Crippen LogP contribution in [-0.2, 0) is 0 Å². The largest absolute Gasteiger partial charge is 0.488 e. The monoisotopic (exact) mass is 401 g/mol. The van der Waals surface area contributed by atoms with Crippen LogP contribution in [0.2, 0.25) is 0 Å². The average Bonchev–Trinajstić information content (AvgIpc) is 2.79. The highest BCUT2D eigenvalue weighted by Gasteiger charge is 2.16. The van der Waals surface area contributed by atoms with Gasteiger partial charge in [0.25, 0.3) is 5.91 Å². The number of amides is 1. The molecule has 0 unspecified atom stereocenters. The molecule has 1 N–H and O–H groups in total. The summed E-state index contributed by atoms with van der Waals surface area (Å²) in [5, 5.41) is 2.83. The van der Waals surface area contributed by atoms with Crippen LogP contribution in [0.1, 0.15) is 23.2 Å². The van der Waals surface area contributed by atoms with Gasteiger partial charge in [0.15, 0.2) is 0 Å². The molecule has 0 saturated heterocycles. The van der Waals surface area contributed by atoms with Crippen molar-refractivity contribution in [3.05, 3.63) is 96.4 Å². The van der Waals surface area contributed by atoms with E-state index in [2.05, 4.69) is 27.4 Å². The predicted octanol–water partition coefficient (Wildman–Crippen LogP) is 5.19. The van der Waals surface area contributed by atoms with E-state index in [9.17, 15) is 9.18 Å². The van der Waals surface area contributed by atoms with Gasteiger partial charge in [0.1, 0.15) is 12.4 Å². The number of hydrogen-bond acceptors (Lipinski definition) is 4. The van der Waals surface area contributed by atoms with E-state index in [1.54, 1.807) is 48.8 Å². The van der Waals surface area contributed by atoms with Gasteiger partial charge in [-0.2, -0.15) is 4.39 Å². The normalized spacial score (nSPS) is 12.9. The minimum atomic E-state index is -0.579. The molecule has 3 aromatic rings. The third kappa shape index (κ3) is 4.78. The van der Waals surface area contributed by atoms with Crippen molar-refractivity contribution in [3.63, 3.8) is 0 Å². The van der Waals surface area contributed by atoms with E-state index in [-0.39, 0.29) is 5.91 Å². The molecule has 0 fully saturated rings. The average molecular weight is 401 g/mol. The first-order valence-electron chi connectivity index (χ1n) is 9.65. The Kier molecular flexibility index (Phi) is 5.94. The number of allylic oxidation sites excluding steroid dienone is 2. The van der Waals surface area contributed by atoms with Crippen molar-refractivity contribution < 1.29 is 13.9 Å². The third-order valence-electron chi connectivity index (χ3n) is 4.67. The molecule has 1 aromatic carbocycles. The standard InChI is InChI=1S/C24H20FN3O2/c25-23-14-19(10-12-27-23)18-8-9-22(30-16-17-5-2-1-3-6-17)21(13-18)24(29)28-20-7-4-11-26-15-20/h2,4-15H,1,3,16H2,(H,28,29). The van der Waals surface area contributed by atoms with Crippen LogP contribution in [0.3, 0.4) is 0 Å². The fourth-order valence-corrected chi connectivity index (χ4v) is 3.17. The fraction of sp³-hybridized carbons (Fsp3) is 0.125. The Bertz CT molecular complexity index is 1110. The summed E-state index contributed by atoms with van der Waals surface area (Å²) in [6, 6.07) is 11.8. The lowest BCUT2D eigenvalue weighted by atomic mass is 10.0. The Morgan fingerprint density at radius 2 is 2.00 bits per heavy atom. The number of carbonyl (C=O) groups excluding carboxylic acids is 1. The molecule has 0 spiro atoms. The van der Waals surface area contributed by atoms with Crippen LogP contribution >= 0.6 is 0 Å². The molecule has 150 valence electrons. The molecule has 30 heavy (non-hydrogen) atoms. The van der Waals surface area contributed by atoms with Gasteiger partial charge in [0.05, 0.1) is 17.4 Å². The summed E-state index contributed by atoms with van der Waals surface area (Å²) >= 11 is 0. The van der Waals surface area contributed by atoms with Crippen LogP contribution in [0.15, 0.2) is 84.9 Å². The number of aromatic nitrogens is 2. The summed E-state index contributed by atoms with van der Waals surface area (Å²) in [4.78, 5) is 20.6. The van der Waals surface area contributed by atoms with E-state index in [0.29, 0.717) is 34.7 Å². The minimum absolute atomic E-state index is 0.331. The Morgan fingerprint density at radius 3 is 2.77 bits per heavy atom. The Hall–Kier alpha value is -3.80. The second-order valence-corrected chi connectivity index (χ2v) is 6.82. The van der Waals surface area contributed by atoms with Crippen LogP contribution in [0.5, 0.6) is 5.75 Å². The molecule has 1 amide bonds. The Morgan fingerprint density at radius 1 is 1.10 bits per heavy atom. The third-order valence-corrected chi connectivity index (χ3v) is 4.67. The minimum Gasteiger partial charge on any atom is -0.488 e. The molecule has 0 radical (unpaired) electrons. The number of pyridine rings is 2. The van der Waals surface area contributed by atoms with Gasteiger partial charge in [-0.1, -0.05) is 24.3 Å². The van der Waals surface area contributed by atoms with Crippen molar-refractivity contribution in [2.24, 2.45) is 0 Å². The molecule has 0 bridgehead atoms. The van der Waals surface area contributed by atoms with Crippen LogP contribution in [0.4, 0.5) is 10.1 Å². The number of rotatable bonds is 6. The predicted molar refractivity (Wildman–Crippen MR) is 114 cm³/mol. The van der Waals surface area contributed by atoms with E-state index in [4.69, 9.17) is 4.74 Å². The van der Waals surface area contributed by atoms with Gasteiger partial charge >= 0.3 is 0 Å². The molecule has 2 heterocycles. The highest BCUT2D eigenvalue weighted by atomic mass is 19.1. The van der Waals surface area contributed by atoms with Gasteiger partial charge in [-0.15, -0.1) is 0 Å². The number of nitrogens with zero attached hydrogens (tertiary/aromatic N) is 2. The molecule has 0 saturated carbocycles. The molecule has 5 nitrogen and oxygen atoms in total. The van der Waals surface area contributed by atoms with Gasteiger partial charge in [-0.05, 0) is 59.9 Å². The van der Waals surface area contributed by atoms with E-state index in [0.717, 1.165) is 18.4 Å². The highest BCUT2D eigenvalue weighted by Crippen LogP contribution is 2.28. The maximum absolute atomic E-state index is 13.6. The molecule has 1 aliphatic rings. The van der Waals surface area contributed by atoms with Gasteiger partial charge in [0, 0.05) is 18.5 Å². The summed E-state index contributed by atoms with van der Waals surface area (Å²) in [5.74, 6) is -0.456. The first kappa shape index (κ1) is 19.5. The Labute approximate surface area is 174 Å². The molecule has 0 atom stereocenters. The van der Waals surface area contributed by atoms with Crippen molar-refractivity contribution in [3.8, 4) is 16.9 Å². The van der Waals surface area contributed by atoms with E-state index in [1.165, 1.54) is 12.3 Å². The van der Waals surface area contributed by atoms with Crippen molar-refractivity contribution in [1.29, 1.82) is 0 Å². The van der Waals surface area contributed by atoms with Crippen LogP contribution in [-0.4, -0.2) is 22.5 Å². The zero-order valence-corrected chi connectivity index (χ0v) is 16.2. The lowest BCUT2D eigenvalue weighted by Gasteiger charge is -2.15. The van der Waals surface area contributed by atoms with E-state index >= 15 is 0 Å². The van der Waals surface area contributed by atoms with E-state index < -0.39 is 5.95 Å². The summed E-state index contributed by atoms with van der Waals surface area (Å²) in [6.45, 7) is 0.368. The van der Waals surface area contributed by atoms with Gasteiger partial charge in [-0.25, -0.2) is 4.98 Å². The number of benzene rings is 1. The Balaban J connectivity index is 1.64. The molecular weight excluding hydrogens is 381 g/mol. The number of ether oxygens (including phenoxy) is 1. The molecule has 1 aliphatic carbocycles. The zero-order chi connectivity index (χ0) is 20.8. The van der Waals surface area contributed by atoms with Gasteiger partial charge in [-0.3, -0.25) is 9.78 Å². The maximum Gasteiger partial charge on any atom is 0.259 e. The number of anilines is 1. The molecule has 2 aromatic heterocycles. The number of halogens is 1. The summed E-state index contributed by atoms with van der Waals surface area (Å²) in [7, 11) is 0. The van der Waals surface area contributed by atoms with E-state index in [1.807, 2.05) is 6.08 Å². The molecule has 6 heteroatoms. The second-order valence-electron chi connectivity index (χ2n) is 6.82. The topological polar surface area (TPSA) is 64.1 Å². The SMILES string of the molecule is O=C(Nc1cccnc1)c1cc(-c2ccnc(F)c2)ccc1OCC1=CCCC=C1. The number of nitrogens with one attached hydrogen (secondary N) is 1. The summed E-state index contributed by atoms with van der Waals surface area (Å²) < 4.78 is 19.5. The number of hydrogen-bond donors (Lipinski definition) is 1. The fourth-order valence-electron chi connectivity index (χ4n) is 3.17. The van der Waals surface area contributed by atoms with Crippen molar-refractivity contribution in [1.82, 2.24) is 9.97 Å². The first-order chi connectivity index (χ1) is 14.7. The quantitative estimate of drug-likeness (QED) is 0.578. The smallest absolute Gasteiger partial charge is 0.259 e. The van der Waals surface area contributed by atoms with Gasteiger partial charge in [0.2, 0.25) is 5.95 Å². The first-order valence-corrected chi connectivity index (χ1v) is 9.65. The zero-order valence-electron chi connectivity index (χ0n) is 16.2. The highest BCUT2D eigenvalue weighted by molar-refractivity contribution is 6.06. The summed E-state index contributed by atoms with van der Waals surface area (Å²) in [6.07, 6.45) is 12.9. The molecular formula is C24H20FN3O2. The van der Waals surface area contributed by atoms with Gasteiger partial charge < -0.3 is 10.1 Å². The maximum atomic E-state index is 13.6. The van der Waals surface area contributed by atoms with Crippen molar-refractivity contribution >= 4 is 11.6 Å². The second kappa shape index (κ2) is 9.13. The van der Waals surface area contributed by atoms with Crippen LogP contribution in [0.25, 0.3) is 11.1 Å².